The van der Waals surface area contributed by atoms with Gasteiger partial charge in [0.1, 0.15) is 0 Å². The van der Waals surface area contributed by atoms with Crippen molar-refractivity contribution in [2.45, 2.75) is 6.54 Å². The molecule has 0 amide bonds. The molecule has 0 fully saturated rings. The SMILES string of the molecule is Nc1c(NCc2ccccn2)ccc2cnccc12. The van der Waals surface area contributed by atoms with Gasteiger partial charge in [-0.2, -0.15) is 0 Å². The van der Waals surface area contributed by atoms with Crippen LogP contribution in [0.25, 0.3) is 10.8 Å². The molecule has 19 heavy (non-hydrogen) atoms. The molecule has 0 unspecified atom stereocenters. The van der Waals surface area contributed by atoms with E-state index in [9.17, 15) is 0 Å². The van der Waals surface area contributed by atoms with Crippen LogP contribution in [-0.4, -0.2) is 9.97 Å². The molecule has 94 valence electrons. The number of fused-ring (bicyclic) bond motifs is 1. The zero-order chi connectivity index (χ0) is 13.1. The fourth-order valence-electron chi connectivity index (χ4n) is 2.04. The van der Waals surface area contributed by atoms with Crippen LogP contribution in [0.15, 0.2) is 55.0 Å². The maximum atomic E-state index is 6.17. The summed E-state index contributed by atoms with van der Waals surface area (Å²) in [6.45, 7) is 0.654. The number of anilines is 2. The molecule has 2 aromatic heterocycles. The molecule has 0 bridgehead atoms. The minimum atomic E-state index is 0.654. The lowest BCUT2D eigenvalue weighted by Crippen LogP contribution is -2.04. The molecule has 2 heterocycles. The number of rotatable bonds is 3. The lowest BCUT2D eigenvalue weighted by atomic mass is 10.1. The van der Waals surface area contributed by atoms with Crippen molar-refractivity contribution in [3.63, 3.8) is 0 Å². The van der Waals surface area contributed by atoms with E-state index < -0.39 is 0 Å². The molecule has 0 saturated carbocycles. The largest absolute Gasteiger partial charge is 0.397 e. The van der Waals surface area contributed by atoms with Gasteiger partial charge < -0.3 is 11.1 Å². The van der Waals surface area contributed by atoms with E-state index in [4.69, 9.17) is 5.73 Å². The molecule has 1 aromatic carbocycles. The van der Waals surface area contributed by atoms with Crippen molar-refractivity contribution in [3.05, 3.63) is 60.7 Å². The van der Waals surface area contributed by atoms with Crippen LogP contribution in [0.2, 0.25) is 0 Å². The monoisotopic (exact) mass is 250 g/mol. The summed E-state index contributed by atoms with van der Waals surface area (Å²) in [5.74, 6) is 0. The van der Waals surface area contributed by atoms with E-state index in [-0.39, 0.29) is 0 Å². The number of benzene rings is 1. The second kappa shape index (κ2) is 4.94. The Morgan fingerprint density at radius 2 is 2.00 bits per heavy atom. The van der Waals surface area contributed by atoms with E-state index in [1.807, 2.05) is 42.6 Å². The molecular weight excluding hydrogens is 236 g/mol. The van der Waals surface area contributed by atoms with E-state index in [2.05, 4.69) is 15.3 Å². The van der Waals surface area contributed by atoms with Gasteiger partial charge in [-0.3, -0.25) is 9.97 Å². The Bertz CT molecular complexity index is 695. The van der Waals surface area contributed by atoms with Gasteiger partial charge in [-0.05, 0) is 24.3 Å². The molecule has 3 aromatic rings. The van der Waals surface area contributed by atoms with Crippen molar-refractivity contribution in [1.29, 1.82) is 0 Å². The molecule has 0 aliphatic heterocycles. The summed E-state index contributed by atoms with van der Waals surface area (Å²) < 4.78 is 0. The summed E-state index contributed by atoms with van der Waals surface area (Å²) >= 11 is 0. The fraction of sp³-hybridized carbons (Fsp3) is 0.0667. The maximum Gasteiger partial charge on any atom is 0.0630 e. The summed E-state index contributed by atoms with van der Waals surface area (Å²) in [7, 11) is 0. The second-order valence-corrected chi connectivity index (χ2v) is 4.30. The Kier molecular flexibility index (Phi) is 2.98. The highest BCUT2D eigenvalue weighted by atomic mass is 14.9. The number of aromatic nitrogens is 2. The van der Waals surface area contributed by atoms with Crippen molar-refractivity contribution in [2.75, 3.05) is 11.1 Å². The van der Waals surface area contributed by atoms with E-state index in [0.29, 0.717) is 6.54 Å². The minimum Gasteiger partial charge on any atom is -0.397 e. The molecule has 0 aliphatic rings. The summed E-state index contributed by atoms with van der Waals surface area (Å²) in [4.78, 5) is 8.36. The number of nitrogens with zero attached hydrogens (tertiary/aromatic N) is 2. The van der Waals surface area contributed by atoms with Gasteiger partial charge in [-0.1, -0.05) is 12.1 Å². The molecule has 0 atom stereocenters. The van der Waals surface area contributed by atoms with E-state index in [1.54, 1.807) is 12.4 Å². The third-order valence-electron chi connectivity index (χ3n) is 3.05. The molecule has 4 heteroatoms. The summed E-state index contributed by atoms with van der Waals surface area (Å²) in [6, 6.07) is 11.8. The highest BCUT2D eigenvalue weighted by molar-refractivity contribution is 5.98. The first-order valence-electron chi connectivity index (χ1n) is 6.10. The summed E-state index contributed by atoms with van der Waals surface area (Å²) in [5, 5.41) is 5.37. The van der Waals surface area contributed by atoms with Crippen LogP contribution in [0.5, 0.6) is 0 Å². The van der Waals surface area contributed by atoms with Crippen molar-refractivity contribution in [3.8, 4) is 0 Å². The van der Waals surface area contributed by atoms with Crippen LogP contribution in [0, 0.1) is 0 Å². The number of pyridine rings is 2. The van der Waals surface area contributed by atoms with E-state index in [1.165, 1.54) is 0 Å². The van der Waals surface area contributed by atoms with Gasteiger partial charge in [0, 0.05) is 29.4 Å². The van der Waals surface area contributed by atoms with Crippen molar-refractivity contribution in [1.82, 2.24) is 9.97 Å². The molecular formula is C15H14N4. The van der Waals surface area contributed by atoms with Gasteiger partial charge in [-0.25, -0.2) is 0 Å². The average molecular weight is 250 g/mol. The molecule has 0 saturated heterocycles. The lowest BCUT2D eigenvalue weighted by Gasteiger charge is -2.11. The zero-order valence-electron chi connectivity index (χ0n) is 10.4. The fourth-order valence-corrected chi connectivity index (χ4v) is 2.04. The maximum absolute atomic E-state index is 6.17. The quantitative estimate of drug-likeness (QED) is 0.702. The normalized spacial score (nSPS) is 10.5. The molecule has 0 aliphatic carbocycles. The first-order valence-corrected chi connectivity index (χ1v) is 6.10. The number of hydrogen-bond acceptors (Lipinski definition) is 4. The first-order chi connectivity index (χ1) is 9.34. The molecule has 4 nitrogen and oxygen atoms in total. The van der Waals surface area contributed by atoms with Crippen LogP contribution in [0.3, 0.4) is 0 Å². The van der Waals surface area contributed by atoms with Crippen LogP contribution in [-0.2, 0) is 6.54 Å². The van der Waals surface area contributed by atoms with E-state index in [0.717, 1.165) is 27.8 Å². The second-order valence-electron chi connectivity index (χ2n) is 4.30. The third kappa shape index (κ3) is 2.33. The van der Waals surface area contributed by atoms with Crippen LogP contribution < -0.4 is 11.1 Å². The average Bonchev–Trinajstić information content (AvgIpc) is 2.48. The van der Waals surface area contributed by atoms with Crippen LogP contribution in [0.4, 0.5) is 11.4 Å². The number of nitrogens with one attached hydrogen (secondary N) is 1. The van der Waals surface area contributed by atoms with Gasteiger partial charge >= 0.3 is 0 Å². The first kappa shape index (κ1) is 11.5. The summed E-state index contributed by atoms with van der Waals surface area (Å²) in [6.07, 6.45) is 5.35. The Labute approximate surface area is 111 Å². The predicted molar refractivity (Wildman–Crippen MR) is 77.7 cm³/mol. The van der Waals surface area contributed by atoms with Gasteiger partial charge in [0.05, 0.1) is 23.6 Å². The van der Waals surface area contributed by atoms with Crippen molar-refractivity contribution in [2.24, 2.45) is 0 Å². The number of nitrogen functional groups attached to an aromatic ring is 1. The molecule has 3 rings (SSSR count). The minimum absolute atomic E-state index is 0.654. The molecule has 0 spiro atoms. The lowest BCUT2D eigenvalue weighted by molar-refractivity contribution is 1.05. The highest BCUT2D eigenvalue weighted by Crippen LogP contribution is 2.28. The topological polar surface area (TPSA) is 63.8 Å². The zero-order valence-corrected chi connectivity index (χ0v) is 10.4. The molecule has 0 radical (unpaired) electrons. The van der Waals surface area contributed by atoms with Gasteiger partial charge in [0.25, 0.3) is 0 Å². The number of hydrogen-bond donors (Lipinski definition) is 2. The Morgan fingerprint density at radius 1 is 1.05 bits per heavy atom. The Morgan fingerprint density at radius 3 is 2.84 bits per heavy atom. The van der Waals surface area contributed by atoms with Gasteiger partial charge in [0.2, 0.25) is 0 Å². The van der Waals surface area contributed by atoms with Crippen molar-refractivity contribution < 1.29 is 0 Å². The smallest absolute Gasteiger partial charge is 0.0630 e. The predicted octanol–water partition coefficient (Wildman–Crippen LogP) is 2.82. The Balaban J connectivity index is 1.87. The van der Waals surface area contributed by atoms with Gasteiger partial charge in [0.15, 0.2) is 0 Å². The van der Waals surface area contributed by atoms with Crippen molar-refractivity contribution >= 4 is 22.1 Å². The highest BCUT2D eigenvalue weighted by Gasteiger charge is 2.04. The third-order valence-corrected chi connectivity index (χ3v) is 3.05. The van der Waals surface area contributed by atoms with Gasteiger partial charge in [-0.15, -0.1) is 0 Å². The van der Waals surface area contributed by atoms with E-state index >= 15 is 0 Å². The standard InChI is InChI=1S/C15H14N4/c16-15-13-6-8-17-9-11(13)4-5-14(15)19-10-12-3-1-2-7-18-12/h1-9,19H,10,16H2. The summed E-state index contributed by atoms with van der Waals surface area (Å²) in [5.41, 5.74) is 8.82. The molecule has 3 N–H and O–H groups in total. The van der Waals surface area contributed by atoms with Crippen LogP contribution >= 0.6 is 0 Å². The number of nitrogens with two attached hydrogens (primary N) is 1. The van der Waals surface area contributed by atoms with Crippen LogP contribution in [0.1, 0.15) is 5.69 Å². The Hall–Kier alpha value is -2.62.